The van der Waals surface area contributed by atoms with E-state index in [4.69, 9.17) is 8.75 Å². The van der Waals surface area contributed by atoms with Crippen molar-refractivity contribution in [2.75, 3.05) is 50.8 Å². The predicted octanol–water partition coefficient (Wildman–Crippen LogP) is 4.28. The Balaban J connectivity index is 0.913. The number of fused-ring (bicyclic) bond motifs is 4. The average molecular weight is 495 g/mol. The molecule has 4 aliphatic rings. The van der Waals surface area contributed by atoms with Crippen molar-refractivity contribution >= 4 is 47.0 Å². The van der Waals surface area contributed by atoms with E-state index < -0.39 is 0 Å². The Morgan fingerprint density at radius 2 is 1.19 bits per heavy atom. The molecular formula is C21H30N6S4. The van der Waals surface area contributed by atoms with E-state index in [-0.39, 0.29) is 0 Å². The molecule has 6 atom stereocenters. The number of nitrogens with zero attached hydrogens (tertiary/aromatic N) is 6. The van der Waals surface area contributed by atoms with Gasteiger partial charge in [0, 0.05) is 38.0 Å². The molecule has 4 fully saturated rings. The van der Waals surface area contributed by atoms with Crippen LogP contribution in [-0.4, -0.2) is 78.1 Å². The summed E-state index contributed by atoms with van der Waals surface area (Å²) in [6.45, 7) is 7.54. The highest BCUT2D eigenvalue weighted by molar-refractivity contribution is 7.99. The van der Waals surface area contributed by atoms with Crippen LogP contribution in [0.4, 0.5) is 0 Å². The summed E-state index contributed by atoms with van der Waals surface area (Å²) in [5.41, 5.74) is 2.61. The van der Waals surface area contributed by atoms with E-state index >= 15 is 0 Å². The minimum atomic E-state index is 0.638. The van der Waals surface area contributed by atoms with Crippen molar-refractivity contribution in [2.45, 2.75) is 54.0 Å². The fraction of sp³-hybridized carbons (Fsp3) is 0.810. The molecule has 0 saturated carbocycles. The lowest BCUT2D eigenvalue weighted by Gasteiger charge is -2.20. The Morgan fingerprint density at radius 3 is 1.61 bits per heavy atom. The van der Waals surface area contributed by atoms with Crippen LogP contribution in [0.25, 0.3) is 0 Å². The molecule has 31 heavy (non-hydrogen) atoms. The lowest BCUT2D eigenvalue weighted by molar-refractivity contribution is 0.342. The van der Waals surface area contributed by atoms with Gasteiger partial charge < -0.3 is 9.80 Å². The maximum Gasteiger partial charge on any atom is 0.134 e. The summed E-state index contributed by atoms with van der Waals surface area (Å²) in [5, 5.41) is 2.44. The van der Waals surface area contributed by atoms with Crippen LogP contribution in [0.3, 0.4) is 0 Å². The summed E-state index contributed by atoms with van der Waals surface area (Å²) in [7, 11) is 0. The minimum absolute atomic E-state index is 0.638. The smallest absolute Gasteiger partial charge is 0.134 e. The molecular weight excluding hydrogens is 465 g/mol. The van der Waals surface area contributed by atoms with Crippen LogP contribution in [0.2, 0.25) is 0 Å². The summed E-state index contributed by atoms with van der Waals surface area (Å²) in [4.78, 5) is 5.19. The van der Waals surface area contributed by atoms with Crippen LogP contribution < -0.4 is 0 Å². The van der Waals surface area contributed by atoms with E-state index in [0.29, 0.717) is 11.8 Å². The average Bonchev–Trinajstić information content (AvgIpc) is 3.60. The zero-order chi connectivity index (χ0) is 20.6. The van der Waals surface area contributed by atoms with Gasteiger partial charge in [-0.25, -0.2) is 0 Å². The molecule has 0 N–H and O–H groups in total. The normalized spacial score (nSPS) is 33.7. The van der Waals surface area contributed by atoms with Gasteiger partial charge in [-0.05, 0) is 62.1 Å². The van der Waals surface area contributed by atoms with Gasteiger partial charge in [0.2, 0.25) is 0 Å². The van der Waals surface area contributed by atoms with Crippen molar-refractivity contribution < 1.29 is 0 Å². The quantitative estimate of drug-likeness (QED) is 0.358. The summed E-state index contributed by atoms with van der Waals surface area (Å²) in [6, 6.07) is 0. The number of rotatable bonds is 10. The lowest BCUT2D eigenvalue weighted by atomic mass is 9.90. The van der Waals surface area contributed by atoms with Crippen LogP contribution in [0.1, 0.15) is 55.3 Å². The number of piperidine rings is 2. The van der Waals surface area contributed by atoms with Gasteiger partial charge in [0.1, 0.15) is 10.1 Å². The van der Waals surface area contributed by atoms with Gasteiger partial charge in [-0.3, -0.25) is 0 Å². The van der Waals surface area contributed by atoms with Crippen molar-refractivity contribution in [3.63, 3.8) is 0 Å². The highest BCUT2D eigenvalue weighted by Gasteiger charge is 2.42. The Bertz CT molecular complexity index is 817. The Labute approximate surface area is 201 Å². The molecule has 2 aromatic rings. The Kier molecular flexibility index (Phi) is 6.55. The van der Waals surface area contributed by atoms with Crippen molar-refractivity contribution in [1.29, 1.82) is 0 Å². The fourth-order valence-electron chi connectivity index (χ4n) is 5.93. The maximum absolute atomic E-state index is 4.69. The second-order valence-corrected chi connectivity index (χ2v) is 12.7. The van der Waals surface area contributed by atoms with Gasteiger partial charge in [0.25, 0.3) is 0 Å². The largest absolute Gasteiger partial charge is 0.302 e. The highest BCUT2D eigenvalue weighted by Crippen LogP contribution is 2.43. The van der Waals surface area contributed by atoms with E-state index in [1.807, 2.05) is 23.5 Å². The fourth-order valence-corrected chi connectivity index (χ4v) is 9.48. The molecule has 0 amide bonds. The van der Waals surface area contributed by atoms with Crippen LogP contribution in [-0.2, 0) is 0 Å². The third kappa shape index (κ3) is 4.45. The van der Waals surface area contributed by atoms with Gasteiger partial charge in [0.05, 0.1) is 34.8 Å². The minimum Gasteiger partial charge on any atom is -0.302 e. The molecule has 0 aliphatic carbocycles. The lowest BCUT2D eigenvalue weighted by Crippen LogP contribution is -2.22. The zero-order valence-electron chi connectivity index (χ0n) is 17.8. The molecule has 10 heteroatoms. The summed E-state index contributed by atoms with van der Waals surface area (Å²) in [5.74, 6) is 5.24. The van der Waals surface area contributed by atoms with E-state index in [1.54, 1.807) is 0 Å². The second-order valence-electron chi connectivity index (χ2n) is 9.50. The molecule has 4 bridgehead atoms. The Morgan fingerprint density at radius 1 is 0.677 bits per heavy atom. The molecule has 2 aromatic heterocycles. The molecule has 0 spiro atoms. The summed E-state index contributed by atoms with van der Waals surface area (Å²) >= 11 is 6.69. The topological polar surface area (TPSA) is 58.0 Å². The second kappa shape index (κ2) is 9.54. The zero-order valence-corrected chi connectivity index (χ0v) is 21.1. The first-order valence-electron chi connectivity index (χ1n) is 11.7. The van der Waals surface area contributed by atoms with E-state index in [0.717, 1.165) is 23.3 Å². The first-order valence-corrected chi connectivity index (χ1v) is 15.1. The number of hydrogen-bond donors (Lipinski definition) is 0. The molecule has 0 aromatic carbocycles. The molecule has 4 saturated heterocycles. The van der Waals surface area contributed by atoms with Gasteiger partial charge in [-0.1, -0.05) is 6.42 Å². The first-order chi connectivity index (χ1) is 15.3. The number of hydrogen-bond acceptors (Lipinski definition) is 10. The van der Waals surface area contributed by atoms with E-state index in [1.165, 1.54) is 116 Å². The molecule has 6 nitrogen and oxygen atoms in total. The van der Waals surface area contributed by atoms with Crippen LogP contribution in [0, 0.1) is 11.8 Å². The third-order valence-corrected chi connectivity index (χ3v) is 11.0. The molecule has 6 unspecified atom stereocenters. The SMILES string of the molecule is C(CCSc1nsnc1C1CN2CCC1C2)CCSc1nsnc1C1CN2CCC1C2. The van der Waals surface area contributed by atoms with Crippen LogP contribution >= 0.6 is 47.0 Å². The highest BCUT2D eigenvalue weighted by atomic mass is 32.2. The molecule has 6 heterocycles. The summed E-state index contributed by atoms with van der Waals surface area (Å²) < 4.78 is 18.6. The number of thioether (sulfide) groups is 2. The summed E-state index contributed by atoms with van der Waals surface area (Å²) in [6.07, 6.45) is 6.48. The van der Waals surface area contributed by atoms with Gasteiger partial charge in [0.15, 0.2) is 0 Å². The Hall–Kier alpha value is -0.260. The van der Waals surface area contributed by atoms with Crippen molar-refractivity contribution in [2.24, 2.45) is 11.8 Å². The number of aromatic nitrogens is 4. The van der Waals surface area contributed by atoms with Crippen LogP contribution in [0.5, 0.6) is 0 Å². The van der Waals surface area contributed by atoms with E-state index in [2.05, 4.69) is 18.5 Å². The molecule has 4 aliphatic heterocycles. The monoisotopic (exact) mass is 494 g/mol. The molecule has 6 rings (SSSR count). The molecule has 168 valence electrons. The van der Waals surface area contributed by atoms with Gasteiger partial charge in [-0.2, -0.15) is 17.5 Å². The number of unbranched alkanes of at least 4 members (excludes halogenated alkanes) is 2. The first kappa shape index (κ1) is 21.3. The van der Waals surface area contributed by atoms with Gasteiger partial charge in [-0.15, -0.1) is 23.5 Å². The van der Waals surface area contributed by atoms with Crippen molar-refractivity contribution in [1.82, 2.24) is 27.3 Å². The van der Waals surface area contributed by atoms with Crippen molar-refractivity contribution in [3.8, 4) is 0 Å². The van der Waals surface area contributed by atoms with E-state index in [9.17, 15) is 0 Å². The standard InChI is InChI=1S/C21H30N6S4/c1(2-8-28-20-18(22-30-24-20)16-12-26-6-4-14(16)10-26)3-9-29-21-19(23-31-25-21)17-13-27-7-5-15(17)11-27/h14-17H,1-13H2. The van der Waals surface area contributed by atoms with Gasteiger partial charge >= 0.3 is 0 Å². The third-order valence-electron chi connectivity index (χ3n) is 7.60. The molecule has 0 radical (unpaired) electrons. The maximum atomic E-state index is 4.69. The van der Waals surface area contributed by atoms with Crippen LogP contribution in [0.15, 0.2) is 10.1 Å². The predicted molar refractivity (Wildman–Crippen MR) is 130 cm³/mol. The van der Waals surface area contributed by atoms with Crippen molar-refractivity contribution in [3.05, 3.63) is 11.4 Å².